The SMILES string of the molecule is Cc1ccc(-c2nc(C(=O)NCCCN3CC(C)CC(C)C3)c3n2CCCCC3)cc1. The van der Waals surface area contributed by atoms with E-state index in [4.69, 9.17) is 4.98 Å². The number of rotatable bonds is 6. The van der Waals surface area contributed by atoms with E-state index in [1.54, 1.807) is 0 Å². The molecule has 4 rings (SSSR count). The van der Waals surface area contributed by atoms with Crippen LogP contribution in [0.5, 0.6) is 0 Å². The molecule has 1 fully saturated rings. The van der Waals surface area contributed by atoms with Crippen molar-refractivity contribution in [3.63, 3.8) is 0 Å². The van der Waals surface area contributed by atoms with Gasteiger partial charge in [-0.2, -0.15) is 0 Å². The van der Waals surface area contributed by atoms with Gasteiger partial charge in [0.15, 0.2) is 0 Å². The van der Waals surface area contributed by atoms with Crippen molar-refractivity contribution in [2.75, 3.05) is 26.2 Å². The molecule has 1 aromatic heterocycles. The Morgan fingerprint density at radius 2 is 1.84 bits per heavy atom. The molecule has 2 aliphatic rings. The summed E-state index contributed by atoms with van der Waals surface area (Å²) in [7, 11) is 0. The minimum atomic E-state index is -0.00982. The summed E-state index contributed by atoms with van der Waals surface area (Å²) in [5.74, 6) is 2.49. The third kappa shape index (κ3) is 5.38. The van der Waals surface area contributed by atoms with Gasteiger partial charge in [-0.3, -0.25) is 4.79 Å². The fourth-order valence-electron chi connectivity index (χ4n) is 5.39. The van der Waals surface area contributed by atoms with Gasteiger partial charge in [-0.1, -0.05) is 50.1 Å². The molecule has 0 radical (unpaired) electrons. The highest BCUT2D eigenvalue weighted by molar-refractivity contribution is 5.94. The highest BCUT2D eigenvalue weighted by Gasteiger charge is 2.24. The van der Waals surface area contributed by atoms with Gasteiger partial charge in [0.1, 0.15) is 11.5 Å². The van der Waals surface area contributed by atoms with Crippen molar-refractivity contribution in [1.29, 1.82) is 0 Å². The van der Waals surface area contributed by atoms with Crippen molar-refractivity contribution in [3.8, 4) is 11.4 Å². The second kappa shape index (κ2) is 9.99. The summed E-state index contributed by atoms with van der Waals surface area (Å²) in [6.07, 6.45) is 6.75. The zero-order valence-electron chi connectivity index (χ0n) is 19.5. The summed E-state index contributed by atoms with van der Waals surface area (Å²) >= 11 is 0. The number of nitrogens with one attached hydrogen (secondary N) is 1. The molecule has 0 bridgehead atoms. The van der Waals surface area contributed by atoms with E-state index in [9.17, 15) is 4.79 Å². The normalized spacial score (nSPS) is 22.0. The molecule has 5 nitrogen and oxygen atoms in total. The lowest BCUT2D eigenvalue weighted by molar-refractivity contribution is 0.0941. The van der Waals surface area contributed by atoms with E-state index in [1.165, 1.54) is 31.5 Å². The Morgan fingerprint density at radius 1 is 1.10 bits per heavy atom. The molecule has 2 aromatic rings. The van der Waals surface area contributed by atoms with Gasteiger partial charge in [-0.25, -0.2) is 4.98 Å². The third-order valence-electron chi connectivity index (χ3n) is 6.77. The first-order valence-electron chi connectivity index (χ1n) is 12.2. The van der Waals surface area contributed by atoms with E-state index in [1.807, 2.05) is 0 Å². The summed E-state index contributed by atoms with van der Waals surface area (Å²) in [5, 5.41) is 3.16. The predicted molar refractivity (Wildman–Crippen MR) is 126 cm³/mol. The maximum atomic E-state index is 13.1. The lowest BCUT2D eigenvalue weighted by atomic mass is 9.92. The molecule has 1 amide bonds. The van der Waals surface area contributed by atoms with E-state index < -0.39 is 0 Å². The topological polar surface area (TPSA) is 50.2 Å². The fourth-order valence-corrected chi connectivity index (χ4v) is 5.39. The molecule has 1 N–H and O–H groups in total. The van der Waals surface area contributed by atoms with Crippen molar-refractivity contribution in [2.24, 2.45) is 11.8 Å². The van der Waals surface area contributed by atoms with Crippen LogP contribution in [0.1, 0.15) is 67.7 Å². The molecule has 5 heteroatoms. The standard InChI is InChI=1S/C26H38N4O/c1-19-9-11-22(12-10-19)25-28-24(23-8-5-4-6-15-30(23)25)26(31)27-13-7-14-29-17-20(2)16-21(3)18-29/h9-12,20-21H,4-8,13-18H2,1-3H3,(H,27,31). The number of carbonyl (C=O) groups is 1. The quantitative estimate of drug-likeness (QED) is 0.688. The van der Waals surface area contributed by atoms with Gasteiger partial charge >= 0.3 is 0 Å². The monoisotopic (exact) mass is 422 g/mol. The molecule has 0 aliphatic carbocycles. The van der Waals surface area contributed by atoms with Crippen LogP contribution < -0.4 is 5.32 Å². The van der Waals surface area contributed by atoms with Crippen LogP contribution >= 0.6 is 0 Å². The highest BCUT2D eigenvalue weighted by atomic mass is 16.1. The fraction of sp³-hybridized carbons (Fsp3) is 0.615. The number of amides is 1. The van der Waals surface area contributed by atoms with Gasteiger partial charge in [0.05, 0.1) is 5.69 Å². The minimum absolute atomic E-state index is 0.00982. The highest BCUT2D eigenvalue weighted by Crippen LogP contribution is 2.27. The Kier molecular flexibility index (Phi) is 7.11. The lowest BCUT2D eigenvalue weighted by Crippen LogP contribution is -2.40. The number of imidazole rings is 1. The Balaban J connectivity index is 1.42. The number of piperidine rings is 1. The average Bonchev–Trinajstić information content (AvgIpc) is 2.92. The van der Waals surface area contributed by atoms with Crippen LogP contribution in [0.4, 0.5) is 0 Å². The van der Waals surface area contributed by atoms with Gasteiger partial charge in [0.25, 0.3) is 5.91 Å². The third-order valence-corrected chi connectivity index (χ3v) is 6.77. The molecule has 2 unspecified atom stereocenters. The first-order valence-corrected chi connectivity index (χ1v) is 12.2. The zero-order valence-corrected chi connectivity index (χ0v) is 19.5. The van der Waals surface area contributed by atoms with Gasteiger partial charge < -0.3 is 14.8 Å². The van der Waals surface area contributed by atoms with Gasteiger partial charge in [0, 0.05) is 31.7 Å². The summed E-state index contributed by atoms with van der Waals surface area (Å²) in [6.45, 7) is 11.9. The Morgan fingerprint density at radius 3 is 2.58 bits per heavy atom. The molecule has 1 saturated heterocycles. The number of fused-ring (bicyclic) bond motifs is 1. The van der Waals surface area contributed by atoms with Crippen LogP contribution in [0.25, 0.3) is 11.4 Å². The number of nitrogens with zero attached hydrogens (tertiary/aromatic N) is 3. The number of aryl methyl sites for hydroxylation is 1. The zero-order chi connectivity index (χ0) is 21.8. The molecule has 168 valence electrons. The molecule has 1 aromatic carbocycles. The number of aromatic nitrogens is 2. The van der Waals surface area contributed by atoms with E-state index in [0.29, 0.717) is 12.2 Å². The van der Waals surface area contributed by atoms with Crippen molar-refractivity contribution in [3.05, 3.63) is 41.2 Å². The van der Waals surface area contributed by atoms with Crippen molar-refractivity contribution in [2.45, 2.75) is 65.8 Å². The molecular formula is C26H38N4O. The summed E-state index contributed by atoms with van der Waals surface area (Å²) in [5.41, 5.74) is 4.09. The van der Waals surface area contributed by atoms with E-state index in [0.717, 1.165) is 67.7 Å². The van der Waals surface area contributed by atoms with Gasteiger partial charge in [0.2, 0.25) is 0 Å². The summed E-state index contributed by atoms with van der Waals surface area (Å²) in [6, 6.07) is 8.49. The minimum Gasteiger partial charge on any atom is -0.351 e. The number of hydrogen-bond donors (Lipinski definition) is 1. The van der Waals surface area contributed by atoms with E-state index in [2.05, 4.69) is 59.8 Å². The molecule has 2 aliphatic heterocycles. The Bertz CT molecular complexity index is 876. The Labute approximate surface area is 187 Å². The maximum Gasteiger partial charge on any atom is 0.271 e. The molecule has 2 atom stereocenters. The number of benzene rings is 1. The number of carbonyl (C=O) groups excluding carboxylic acids is 1. The van der Waals surface area contributed by atoms with E-state index >= 15 is 0 Å². The van der Waals surface area contributed by atoms with Crippen molar-refractivity contribution in [1.82, 2.24) is 19.8 Å². The van der Waals surface area contributed by atoms with Crippen LogP contribution in [0.3, 0.4) is 0 Å². The van der Waals surface area contributed by atoms with Crippen LogP contribution in [-0.4, -0.2) is 46.5 Å². The van der Waals surface area contributed by atoms with E-state index in [-0.39, 0.29) is 5.91 Å². The second-order valence-corrected chi connectivity index (χ2v) is 9.87. The molecule has 0 saturated carbocycles. The predicted octanol–water partition coefficient (Wildman–Crippen LogP) is 4.68. The Hall–Kier alpha value is -2.14. The molecule has 0 spiro atoms. The lowest BCUT2D eigenvalue weighted by Gasteiger charge is -2.34. The molecular weight excluding hydrogens is 384 g/mol. The largest absolute Gasteiger partial charge is 0.351 e. The van der Waals surface area contributed by atoms with Crippen LogP contribution in [0.2, 0.25) is 0 Å². The maximum absolute atomic E-state index is 13.1. The summed E-state index contributed by atoms with van der Waals surface area (Å²) < 4.78 is 2.29. The number of likely N-dealkylation sites (tertiary alicyclic amines) is 1. The average molecular weight is 423 g/mol. The van der Waals surface area contributed by atoms with Crippen LogP contribution in [0.15, 0.2) is 24.3 Å². The van der Waals surface area contributed by atoms with Gasteiger partial charge in [-0.05, 0) is 57.4 Å². The van der Waals surface area contributed by atoms with Crippen molar-refractivity contribution < 1.29 is 4.79 Å². The van der Waals surface area contributed by atoms with Crippen LogP contribution in [-0.2, 0) is 13.0 Å². The molecule has 3 heterocycles. The first kappa shape index (κ1) is 22.1. The smallest absolute Gasteiger partial charge is 0.271 e. The van der Waals surface area contributed by atoms with Gasteiger partial charge in [-0.15, -0.1) is 0 Å². The summed E-state index contributed by atoms with van der Waals surface area (Å²) in [4.78, 5) is 20.5. The van der Waals surface area contributed by atoms with Crippen LogP contribution in [0, 0.1) is 18.8 Å². The first-order chi connectivity index (χ1) is 15.0. The molecule has 31 heavy (non-hydrogen) atoms. The second-order valence-electron chi connectivity index (χ2n) is 9.87. The van der Waals surface area contributed by atoms with Crippen molar-refractivity contribution >= 4 is 5.91 Å². The number of hydrogen-bond acceptors (Lipinski definition) is 3.